The van der Waals surface area contributed by atoms with E-state index in [1.165, 1.54) is 12.8 Å². The molecule has 0 saturated carbocycles. The van der Waals surface area contributed by atoms with Crippen LogP contribution in [0.2, 0.25) is 0 Å². The van der Waals surface area contributed by atoms with Crippen molar-refractivity contribution in [2.24, 2.45) is 0 Å². The summed E-state index contributed by atoms with van der Waals surface area (Å²) >= 11 is 0. The van der Waals surface area contributed by atoms with Gasteiger partial charge < -0.3 is 14.6 Å². The molecule has 2 fully saturated rings. The first-order valence-corrected chi connectivity index (χ1v) is 10.5. The van der Waals surface area contributed by atoms with E-state index < -0.39 is 8.16 Å². The third kappa shape index (κ3) is 6.66. The Morgan fingerprint density at radius 1 is 0.966 bits per heavy atom. The van der Waals surface area contributed by atoms with Gasteiger partial charge in [0.2, 0.25) is 17.3 Å². The number of aromatic nitrogens is 3. The zero-order chi connectivity index (χ0) is 20.4. The number of rotatable bonds is 3. The van der Waals surface area contributed by atoms with Gasteiger partial charge >= 0.3 is 29.1 Å². The molecule has 4 rings (SSSR count). The summed E-state index contributed by atoms with van der Waals surface area (Å²) in [6.45, 7) is 5.31. The van der Waals surface area contributed by atoms with Crippen LogP contribution in [-0.4, -0.2) is 59.1 Å². The molecule has 2 aromatic rings. The van der Waals surface area contributed by atoms with Crippen LogP contribution in [0.5, 0.6) is 0 Å². The van der Waals surface area contributed by atoms with Crippen molar-refractivity contribution in [2.45, 2.75) is 19.1 Å². The van der Waals surface area contributed by atoms with E-state index in [0.717, 1.165) is 49.8 Å². The molecule has 2 saturated heterocycles. The van der Waals surface area contributed by atoms with Crippen molar-refractivity contribution in [1.29, 1.82) is 0 Å². The molecule has 1 atom stereocenters. The standard InChI is InChI=1S/C15H21N5O2.F5P.FH/c21-20-14-6-2-1-5-13(14)19(16-20)15(17-7-3-4-8-17)18-9-11-22-12-10-18;1-6(2,3,4)5;/h1-2,5-6,15H,3-4,7-12H2;;1H/p-1. The minimum atomic E-state index is -8.55. The molecule has 1 aromatic carbocycles. The molecular weight excluding hydrogens is 427 g/mol. The summed E-state index contributed by atoms with van der Waals surface area (Å²) in [5.41, 5.74) is 1.51. The molecule has 2 aliphatic heterocycles. The quantitative estimate of drug-likeness (QED) is 0.297. The second kappa shape index (κ2) is 8.99. The fourth-order valence-corrected chi connectivity index (χ4v) is 3.50. The molecule has 0 amide bonds. The van der Waals surface area contributed by atoms with Gasteiger partial charge in [-0.1, -0.05) is 16.8 Å². The number of hydrogen-bond acceptors (Lipinski definition) is 5. The summed E-state index contributed by atoms with van der Waals surface area (Å²) < 4.78 is 56.6. The number of fused-ring (bicyclic) bond motifs is 1. The zero-order valence-electron chi connectivity index (χ0n) is 15.3. The number of benzene rings is 1. The molecule has 0 bridgehead atoms. The van der Waals surface area contributed by atoms with E-state index in [2.05, 4.69) is 15.0 Å². The third-order valence-electron chi connectivity index (χ3n) is 4.57. The van der Waals surface area contributed by atoms with Crippen LogP contribution in [0, 0.1) is 5.21 Å². The number of ether oxygens (including phenoxy) is 1. The average molecular weight is 448 g/mol. The molecule has 0 radical (unpaired) electrons. The van der Waals surface area contributed by atoms with E-state index in [4.69, 9.17) is 4.74 Å². The topological polar surface area (TPSA) is 60.5 Å². The van der Waals surface area contributed by atoms with E-state index >= 15 is 0 Å². The van der Waals surface area contributed by atoms with Crippen LogP contribution in [0.1, 0.15) is 19.1 Å². The first-order chi connectivity index (χ1) is 13.1. The third-order valence-corrected chi connectivity index (χ3v) is 4.57. The fourth-order valence-electron chi connectivity index (χ4n) is 3.50. The molecule has 2 aliphatic rings. The fraction of sp³-hybridized carbons (Fsp3) is 0.600. The van der Waals surface area contributed by atoms with Crippen molar-refractivity contribution in [1.82, 2.24) is 19.7 Å². The van der Waals surface area contributed by atoms with Gasteiger partial charge in [-0.05, 0) is 25.0 Å². The Labute approximate surface area is 163 Å². The minimum Gasteiger partial charge on any atom is -1.00 e. The van der Waals surface area contributed by atoms with Crippen LogP contribution in [-0.2, 0) is 4.74 Å². The van der Waals surface area contributed by atoms with Crippen LogP contribution >= 0.6 is 8.16 Å². The molecule has 7 nitrogen and oxygen atoms in total. The van der Waals surface area contributed by atoms with Crippen LogP contribution in [0.3, 0.4) is 0 Å². The minimum absolute atomic E-state index is 0. The van der Waals surface area contributed by atoms with E-state index in [1.54, 1.807) is 0 Å². The largest absolute Gasteiger partial charge is 1.00 e. The molecule has 166 valence electrons. The summed E-state index contributed by atoms with van der Waals surface area (Å²) in [7, 11) is -8.55. The molecule has 0 aliphatic carbocycles. The molecule has 14 heteroatoms. The van der Waals surface area contributed by atoms with Crippen LogP contribution < -0.4 is 9.55 Å². The number of morpholine rings is 1. The summed E-state index contributed by atoms with van der Waals surface area (Å²) in [6.07, 6.45) is 2.42. The predicted octanol–water partition coefficient (Wildman–Crippen LogP) is 0.520. The smallest absolute Gasteiger partial charge is 0.236 e. The van der Waals surface area contributed by atoms with E-state index in [1.807, 2.05) is 28.9 Å². The van der Waals surface area contributed by atoms with Gasteiger partial charge in [-0.3, -0.25) is 0 Å². The number of halogens is 6. The molecule has 0 spiro atoms. The normalized spacial score (nSPS) is 20.9. The maximum atomic E-state index is 12.1. The maximum Gasteiger partial charge on any atom is 0.236 e. The summed E-state index contributed by atoms with van der Waals surface area (Å²) in [6, 6.07) is 7.63. The molecular formula is C15H21F6N5O2P-. The van der Waals surface area contributed by atoms with Gasteiger partial charge in [0, 0.05) is 26.2 Å². The Morgan fingerprint density at radius 3 is 2.07 bits per heavy atom. The Bertz CT molecular complexity index is 788. The monoisotopic (exact) mass is 448 g/mol. The number of para-hydroxylation sites is 2. The summed E-state index contributed by atoms with van der Waals surface area (Å²) in [4.78, 5) is 5.53. The molecule has 29 heavy (non-hydrogen) atoms. The summed E-state index contributed by atoms with van der Waals surface area (Å²) in [5, 5.41) is 16.4. The van der Waals surface area contributed by atoms with E-state index in [0.29, 0.717) is 5.52 Å². The van der Waals surface area contributed by atoms with E-state index in [9.17, 15) is 26.2 Å². The predicted molar refractivity (Wildman–Crippen MR) is 93.4 cm³/mol. The molecule has 1 unspecified atom stereocenters. The Hall–Kier alpha value is -1.69. The van der Waals surface area contributed by atoms with Crippen molar-refractivity contribution >= 4 is 19.2 Å². The average Bonchev–Trinajstić information content (AvgIpc) is 3.24. The van der Waals surface area contributed by atoms with Gasteiger partial charge in [-0.25, -0.2) is 9.80 Å². The van der Waals surface area contributed by atoms with Gasteiger partial charge in [0.05, 0.1) is 18.4 Å². The Balaban J connectivity index is 0.000000379. The molecule has 1 aromatic heterocycles. The maximum absolute atomic E-state index is 12.1. The van der Waals surface area contributed by atoms with Crippen molar-refractivity contribution in [3.8, 4) is 0 Å². The van der Waals surface area contributed by atoms with Crippen molar-refractivity contribution in [2.75, 3.05) is 39.4 Å². The summed E-state index contributed by atoms with van der Waals surface area (Å²) in [5.74, 6) is 0. The van der Waals surface area contributed by atoms with Gasteiger partial charge in [0.1, 0.15) is 0 Å². The Kier molecular flexibility index (Phi) is 7.31. The molecule has 3 heterocycles. The van der Waals surface area contributed by atoms with Crippen molar-refractivity contribution in [3.63, 3.8) is 0 Å². The number of hydrogen-bond donors (Lipinski definition) is 0. The zero-order valence-corrected chi connectivity index (χ0v) is 16.2. The van der Waals surface area contributed by atoms with Crippen LogP contribution in [0.25, 0.3) is 11.0 Å². The van der Waals surface area contributed by atoms with Gasteiger partial charge in [-0.15, -0.1) is 4.85 Å². The Morgan fingerprint density at radius 2 is 1.48 bits per heavy atom. The molecule has 0 N–H and O–H groups in total. The number of nitrogens with zero attached hydrogens (tertiary/aromatic N) is 5. The first kappa shape index (κ1) is 23.6. The van der Waals surface area contributed by atoms with Crippen molar-refractivity contribution < 1.29 is 35.3 Å². The second-order valence-electron chi connectivity index (χ2n) is 6.57. The van der Waals surface area contributed by atoms with Gasteiger partial charge in [-0.2, -0.15) is 0 Å². The van der Waals surface area contributed by atoms with Gasteiger partial charge in [0.25, 0.3) is 0 Å². The first-order valence-electron chi connectivity index (χ1n) is 8.82. The van der Waals surface area contributed by atoms with Crippen LogP contribution in [0.4, 0.5) is 21.0 Å². The van der Waals surface area contributed by atoms with E-state index in [-0.39, 0.29) is 11.0 Å². The van der Waals surface area contributed by atoms with Crippen LogP contribution in [0.15, 0.2) is 24.3 Å². The van der Waals surface area contributed by atoms with Gasteiger partial charge in [0.15, 0.2) is 0 Å². The number of likely N-dealkylation sites (tertiary alicyclic amines) is 1. The van der Waals surface area contributed by atoms with Crippen molar-refractivity contribution in [3.05, 3.63) is 29.5 Å². The SMILES string of the molecule is FP(F)(F)(F)F.[F-].[O-][n+]1nn(C(N2CCCC2)N2CCOCC2)c2ccccc21. The second-order valence-corrected chi connectivity index (χ2v) is 7.85.